The van der Waals surface area contributed by atoms with Gasteiger partial charge >= 0.3 is 0 Å². The monoisotopic (exact) mass is 533 g/mol. The molecule has 1 atom stereocenters. The Balaban J connectivity index is 2.22. The Kier molecular flexibility index (Phi) is 11.4. The molecule has 0 bridgehead atoms. The van der Waals surface area contributed by atoms with E-state index in [4.69, 9.17) is 9.84 Å². The van der Waals surface area contributed by atoms with Crippen molar-refractivity contribution in [3.05, 3.63) is 45.7 Å². The minimum atomic E-state index is -3.70. The molecule has 0 aliphatic carbocycles. The Bertz CT molecular complexity index is 1280. The molecule has 3 N–H and O–H groups in total. The first-order chi connectivity index (χ1) is 17.5. The highest BCUT2D eigenvalue weighted by atomic mass is 32.2. The summed E-state index contributed by atoms with van der Waals surface area (Å²) in [6.45, 7) is 7.42. The number of azo groups is 1. The second kappa shape index (κ2) is 14.0. The molecule has 1 unspecified atom stereocenters. The molecule has 1 aromatic carbocycles. The number of aromatic hydroxyl groups is 1. The molecule has 0 fully saturated rings. The SMILES string of the molecule is Cc1c(/N=N/c2ccc(S(=O)(=O)NC(C)CCCC(C)C)cc2)c(O)n(CCOCCO)c(=O)c1C#N. The minimum absolute atomic E-state index is 0.0266. The maximum Gasteiger partial charge on any atom is 0.271 e. The van der Waals surface area contributed by atoms with Crippen LogP contribution in [0.4, 0.5) is 11.4 Å². The lowest BCUT2D eigenvalue weighted by Gasteiger charge is -2.15. The summed E-state index contributed by atoms with van der Waals surface area (Å²) >= 11 is 0. The van der Waals surface area contributed by atoms with Gasteiger partial charge < -0.3 is 14.9 Å². The molecule has 0 saturated carbocycles. The molecule has 0 aliphatic rings. The van der Waals surface area contributed by atoms with Gasteiger partial charge in [0.1, 0.15) is 11.6 Å². The number of aromatic nitrogens is 1. The van der Waals surface area contributed by atoms with Gasteiger partial charge in [0, 0.05) is 11.6 Å². The highest BCUT2D eigenvalue weighted by Crippen LogP contribution is 2.32. The van der Waals surface area contributed by atoms with Crippen molar-refractivity contribution in [3.63, 3.8) is 0 Å². The number of sulfonamides is 1. The molecule has 2 aromatic rings. The van der Waals surface area contributed by atoms with Crippen molar-refractivity contribution < 1.29 is 23.4 Å². The molecule has 1 heterocycles. The van der Waals surface area contributed by atoms with Gasteiger partial charge in [0.2, 0.25) is 15.9 Å². The van der Waals surface area contributed by atoms with Crippen molar-refractivity contribution in [2.24, 2.45) is 16.1 Å². The number of aliphatic hydroxyl groups is 1. The van der Waals surface area contributed by atoms with Crippen LogP contribution in [0.25, 0.3) is 0 Å². The summed E-state index contributed by atoms with van der Waals surface area (Å²) in [7, 11) is -3.70. The van der Waals surface area contributed by atoms with Gasteiger partial charge in [0.05, 0.1) is 36.9 Å². The van der Waals surface area contributed by atoms with Crippen molar-refractivity contribution in [1.82, 2.24) is 9.29 Å². The smallest absolute Gasteiger partial charge is 0.271 e. The lowest BCUT2D eigenvalue weighted by molar-refractivity contribution is 0.0854. The van der Waals surface area contributed by atoms with Crippen LogP contribution in [0.2, 0.25) is 0 Å². The molecule has 0 radical (unpaired) electrons. The first-order valence-corrected chi connectivity index (χ1v) is 13.6. The Hall–Kier alpha value is -3.11. The highest BCUT2D eigenvalue weighted by Gasteiger charge is 2.20. The molecule has 0 saturated heterocycles. The highest BCUT2D eigenvalue weighted by molar-refractivity contribution is 7.89. The predicted molar refractivity (Wildman–Crippen MR) is 139 cm³/mol. The number of nitriles is 1. The van der Waals surface area contributed by atoms with E-state index in [9.17, 15) is 23.6 Å². The van der Waals surface area contributed by atoms with Crippen molar-refractivity contribution in [1.29, 1.82) is 5.26 Å². The fraction of sp³-hybridized carbons (Fsp3) is 0.520. The molecule has 0 spiro atoms. The van der Waals surface area contributed by atoms with Gasteiger partial charge in [-0.2, -0.15) is 10.4 Å². The molecule has 0 aliphatic heterocycles. The molecule has 1 aromatic heterocycles. The zero-order chi connectivity index (χ0) is 27.6. The molecular formula is C25H35N5O6S. The Labute approximate surface area is 217 Å². The minimum Gasteiger partial charge on any atom is -0.493 e. The van der Waals surface area contributed by atoms with Crippen LogP contribution in [0.3, 0.4) is 0 Å². The average Bonchev–Trinajstić information content (AvgIpc) is 2.83. The number of nitrogens with zero attached hydrogens (tertiary/aromatic N) is 4. The fourth-order valence-electron chi connectivity index (χ4n) is 3.61. The topological polar surface area (TPSA) is 166 Å². The summed E-state index contributed by atoms with van der Waals surface area (Å²) in [5.41, 5.74) is -0.471. The summed E-state index contributed by atoms with van der Waals surface area (Å²) < 4.78 is 34.2. The van der Waals surface area contributed by atoms with Crippen LogP contribution in [0.5, 0.6) is 5.88 Å². The van der Waals surface area contributed by atoms with E-state index in [1.165, 1.54) is 31.2 Å². The first-order valence-electron chi connectivity index (χ1n) is 12.1. The van der Waals surface area contributed by atoms with Gasteiger partial charge in [-0.25, -0.2) is 13.1 Å². The molecule has 202 valence electrons. The van der Waals surface area contributed by atoms with E-state index in [1.54, 1.807) is 0 Å². The standard InChI is InChI=1S/C25H35N5O6S/c1-17(2)6-5-7-18(3)29-37(34,35)21-10-8-20(9-11-21)27-28-23-19(4)22(16-26)24(32)30(25(23)33)12-14-36-15-13-31/h8-11,17-18,29,31,33H,5-7,12-15H2,1-4H3/b28-27+. The number of aliphatic hydroxyl groups excluding tert-OH is 1. The predicted octanol–water partition coefficient (Wildman–Crippen LogP) is 3.65. The van der Waals surface area contributed by atoms with E-state index in [0.29, 0.717) is 11.6 Å². The third-order valence-corrected chi connectivity index (χ3v) is 7.26. The zero-order valence-corrected chi connectivity index (χ0v) is 22.5. The molecular weight excluding hydrogens is 498 g/mol. The van der Waals surface area contributed by atoms with Crippen molar-refractivity contribution in [2.75, 3.05) is 19.8 Å². The van der Waals surface area contributed by atoms with Gasteiger partial charge in [-0.3, -0.25) is 9.36 Å². The molecule has 37 heavy (non-hydrogen) atoms. The van der Waals surface area contributed by atoms with E-state index in [0.717, 1.165) is 23.8 Å². The Morgan fingerprint density at radius 2 is 1.81 bits per heavy atom. The Morgan fingerprint density at radius 1 is 1.14 bits per heavy atom. The number of benzene rings is 1. The average molecular weight is 534 g/mol. The molecule has 12 heteroatoms. The Morgan fingerprint density at radius 3 is 2.41 bits per heavy atom. The fourth-order valence-corrected chi connectivity index (χ4v) is 4.89. The lowest BCUT2D eigenvalue weighted by Crippen LogP contribution is -2.32. The van der Waals surface area contributed by atoms with Crippen molar-refractivity contribution in [3.8, 4) is 11.9 Å². The summed E-state index contributed by atoms with van der Waals surface area (Å²) in [6, 6.07) is 7.38. The third-order valence-electron chi connectivity index (χ3n) is 5.65. The number of pyridine rings is 1. The molecule has 0 amide bonds. The lowest BCUT2D eigenvalue weighted by atomic mass is 10.0. The van der Waals surface area contributed by atoms with E-state index in [1.807, 2.05) is 13.0 Å². The van der Waals surface area contributed by atoms with E-state index in [-0.39, 0.29) is 54.1 Å². The van der Waals surface area contributed by atoms with Crippen LogP contribution in [-0.2, 0) is 21.3 Å². The summed E-state index contributed by atoms with van der Waals surface area (Å²) in [6.07, 6.45) is 2.71. The van der Waals surface area contributed by atoms with Crippen LogP contribution in [-0.4, -0.2) is 49.1 Å². The number of hydrogen-bond acceptors (Lipinski definition) is 9. The van der Waals surface area contributed by atoms with Crippen LogP contribution in [0, 0.1) is 24.2 Å². The van der Waals surface area contributed by atoms with Crippen LogP contribution < -0.4 is 10.3 Å². The van der Waals surface area contributed by atoms with Gasteiger partial charge in [0.15, 0.2) is 5.69 Å². The number of hydrogen-bond donors (Lipinski definition) is 3. The van der Waals surface area contributed by atoms with Gasteiger partial charge in [-0.15, -0.1) is 5.11 Å². The molecule has 2 rings (SSSR count). The quantitative estimate of drug-likeness (QED) is 0.246. The van der Waals surface area contributed by atoms with E-state index in [2.05, 4.69) is 28.8 Å². The third kappa shape index (κ3) is 8.46. The normalized spacial score (nSPS) is 12.8. The molecule has 11 nitrogen and oxygen atoms in total. The number of rotatable bonds is 14. The van der Waals surface area contributed by atoms with Gasteiger partial charge in [-0.05, 0) is 50.5 Å². The van der Waals surface area contributed by atoms with Crippen LogP contribution in [0.15, 0.2) is 44.2 Å². The maximum atomic E-state index is 12.7. The zero-order valence-electron chi connectivity index (χ0n) is 21.6. The second-order valence-electron chi connectivity index (χ2n) is 9.12. The van der Waals surface area contributed by atoms with Gasteiger partial charge in [-0.1, -0.05) is 26.7 Å². The second-order valence-corrected chi connectivity index (χ2v) is 10.8. The van der Waals surface area contributed by atoms with Crippen molar-refractivity contribution in [2.45, 2.75) is 64.4 Å². The summed E-state index contributed by atoms with van der Waals surface area (Å²) in [5.74, 6) is 0.0877. The van der Waals surface area contributed by atoms with Gasteiger partial charge in [0.25, 0.3) is 5.56 Å². The number of nitrogens with one attached hydrogen (secondary N) is 1. The van der Waals surface area contributed by atoms with E-state index >= 15 is 0 Å². The summed E-state index contributed by atoms with van der Waals surface area (Å²) in [5, 5.41) is 37.0. The number of ether oxygens (including phenoxy) is 1. The maximum absolute atomic E-state index is 12.7. The summed E-state index contributed by atoms with van der Waals surface area (Å²) in [4.78, 5) is 12.7. The van der Waals surface area contributed by atoms with Crippen LogP contribution in [0.1, 0.15) is 51.2 Å². The largest absolute Gasteiger partial charge is 0.493 e. The van der Waals surface area contributed by atoms with Crippen LogP contribution >= 0.6 is 0 Å². The van der Waals surface area contributed by atoms with Crippen molar-refractivity contribution >= 4 is 21.4 Å². The van der Waals surface area contributed by atoms with E-state index < -0.39 is 21.5 Å². The first kappa shape index (κ1) is 30.1.